The molecule has 2 aliphatic carbocycles. The summed E-state index contributed by atoms with van der Waals surface area (Å²) in [6.07, 6.45) is 5.43. The van der Waals surface area contributed by atoms with E-state index in [1.807, 2.05) is 30.3 Å². The highest BCUT2D eigenvalue weighted by molar-refractivity contribution is 6.26. The normalized spacial score (nSPS) is 21.9. The van der Waals surface area contributed by atoms with Gasteiger partial charge < -0.3 is 9.84 Å². The minimum absolute atomic E-state index is 0.126. The van der Waals surface area contributed by atoms with Gasteiger partial charge in [-0.3, -0.25) is 19.0 Å². The number of benzene rings is 1. The van der Waals surface area contributed by atoms with Crippen LogP contribution in [0.4, 0.5) is 0 Å². The standard InChI is InChI=1S/C24H26N2O5/c1-31-17-12-10-16(11-13-17)26-23(15-6-3-2-4-7-15)25-14-18(24(26)30)22(29)21-19(27)8-5-9-20(21)28/h2-4,6-7,14,16-17,27H,5,8-13H2,1H3/t16-,17+. The van der Waals surface area contributed by atoms with Gasteiger partial charge in [0.2, 0.25) is 5.78 Å². The lowest BCUT2D eigenvalue weighted by Gasteiger charge is -2.30. The molecule has 0 aliphatic heterocycles. The number of hydrogen-bond acceptors (Lipinski definition) is 6. The number of aromatic nitrogens is 2. The van der Waals surface area contributed by atoms with Crippen LogP contribution in [0.25, 0.3) is 11.4 Å². The lowest BCUT2D eigenvalue weighted by molar-refractivity contribution is -0.116. The molecular formula is C24H26N2O5. The van der Waals surface area contributed by atoms with Crippen molar-refractivity contribution in [2.24, 2.45) is 0 Å². The summed E-state index contributed by atoms with van der Waals surface area (Å²) in [5, 5.41) is 10.2. The van der Waals surface area contributed by atoms with E-state index in [9.17, 15) is 19.5 Å². The van der Waals surface area contributed by atoms with Crippen molar-refractivity contribution in [1.29, 1.82) is 0 Å². The molecule has 2 aliphatic rings. The lowest BCUT2D eigenvalue weighted by atomic mass is 9.90. The van der Waals surface area contributed by atoms with Crippen molar-refractivity contribution < 1.29 is 19.4 Å². The summed E-state index contributed by atoms with van der Waals surface area (Å²) < 4.78 is 7.05. The summed E-state index contributed by atoms with van der Waals surface area (Å²) >= 11 is 0. The second kappa shape index (κ2) is 8.98. The Morgan fingerprint density at radius 3 is 2.45 bits per heavy atom. The first-order chi connectivity index (χ1) is 15.0. The summed E-state index contributed by atoms with van der Waals surface area (Å²) in [5.41, 5.74) is -0.140. The average Bonchev–Trinajstić information content (AvgIpc) is 2.79. The third-order valence-corrected chi connectivity index (χ3v) is 6.22. The molecule has 1 saturated carbocycles. The molecule has 0 amide bonds. The maximum Gasteiger partial charge on any atom is 0.265 e. The maximum absolute atomic E-state index is 13.6. The summed E-state index contributed by atoms with van der Waals surface area (Å²) in [7, 11) is 1.69. The zero-order valence-electron chi connectivity index (χ0n) is 17.5. The number of Topliss-reactive ketones (excluding diaryl/α,β-unsaturated/α-hetero) is 2. The van der Waals surface area contributed by atoms with Crippen LogP contribution in [0.5, 0.6) is 0 Å². The maximum atomic E-state index is 13.6. The minimum atomic E-state index is -0.737. The fraction of sp³-hybridized carbons (Fsp3) is 0.417. The number of hydrogen-bond donors (Lipinski definition) is 1. The molecule has 0 atom stereocenters. The van der Waals surface area contributed by atoms with Gasteiger partial charge in [-0.05, 0) is 32.1 Å². The first kappa shape index (κ1) is 21.2. The van der Waals surface area contributed by atoms with Crippen LogP contribution in [-0.2, 0) is 9.53 Å². The van der Waals surface area contributed by atoms with Crippen LogP contribution in [0.1, 0.15) is 61.3 Å². The zero-order valence-corrected chi connectivity index (χ0v) is 17.5. The van der Waals surface area contributed by atoms with Crippen molar-refractivity contribution in [3.05, 3.63) is 63.8 Å². The molecule has 1 aromatic heterocycles. The molecule has 2 aromatic rings. The molecule has 7 nitrogen and oxygen atoms in total. The molecule has 0 bridgehead atoms. The highest BCUT2D eigenvalue weighted by atomic mass is 16.5. The molecule has 0 spiro atoms. The summed E-state index contributed by atoms with van der Waals surface area (Å²) in [5.74, 6) is -0.901. The summed E-state index contributed by atoms with van der Waals surface area (Å²) in [6.45, 7) is 0. The predicted molar refractivity (Wildman–Crippen MR) is 115 cm³/mol. The van der Waals surface area contributed by atoms with Crippen LogP contribution >= 0.6 is 0 Å². The molecule has 0 saturated heterocycles. The number of nitrogens with zero attached hydrogens (tertiary/aromatic N) is 2. The van der Waals surface area contributed by atoms with E-state index < -0.39 is 17.1 Å². The van der Waals surface area contributed by atoms with Crippen LogP contribution < -0.4 is 5.56 Å². The first-order valence-electron chi connectivity index (χ1n) is 10.7. The van der Waals surface area contributed by atoms with E-state index in [1.165, 1.54) is 6.20 Å². The topological polar surface area (TPSA) is 98.5 Å². The smallest absolute Gasteiger partial charge is 0.265 e. The Bertz CT molecular complexity index is 1080. The Hall–Kier alpha value is -3.06. The second-order valence-electron chi connectivity index (χ2n) is 8.13. The second-order valence-corrected chi connectivity index (χ2v) is 8.13. The van der Waals surface area contributed by atoms with Gasteiger partial charge in [-0.1, -0.05) is 30.3 Å². The van der Waals surface area contributed by atoms with E-state index in [2.05, 4.69) is 4.98 Å². The Labute approximate surface area is 180 Å². The number of methoxy groups -OCH3 is 1. The van der Waals surface area contributed by atoms with Crippen LogP contribution in [0.15, 0.2) is 52.7 Å². The minimum Gasteiger partial charge on any atom is -0.511 e. The number of aliphatic hydroxyl groups excluding tert-OH is 1. The number of rotatable bonds is 5. The average molecular weight is 422 g/mol. The van der Waals surface area contributed by atoms with Gasteiger partial charge in [0.05, 0.1) is 6.10 Å². The third-order valence-electron chi connectivity index (χ3n) is 6.22. The number of carbonyl (C=O) groups is 2. The highest BCUT2D eigenvalue weighted by Crippen LogP contribution is 2.32. The number of ketones is 2. The van der Waals surface area contributed by atoms with Crippen molar-refractivity contribution in [3.8, 4) is 11.4 Å². The first-order valence-corrected chi connectivity index (χ1v) is 10.7. The van der Waals surface area contributed by atoms with Gasteiger partial charge >= 0.3 is 0 Å². The van der Waals surface area contributed by atoms with Crippen molar-refractivity contribution in [1.82, 2.24) is 9.55 Å². The van der Waals surface area contributed by atoms with E-state index in [1.54, 1.807) is 11.7 Å². The number of ether oxygens (including phenoxy) is 1. The predicted octanol–water partition coefficient (Wildman–Crippen LogP) is 3.79. The van der Waals surface area contributed by atoms with E-state index in [0.717, 1.165) is 31.2 Å². The molecule has 0 radical (unpaired) electrons. The molecule has 0 unspecified atom stereocenters. The molecule has 1 heterocycles. The third kappa shape index (κ3) is 4.10. The zero-order chi connectivity index (χ0) is 22.0. The van der Waals surface area contributed by atoms with Gasteiger partial charge in [0.25, 0.3) is 5.56 Å². The van der Waals surface area contributed by atoms with Crippen molar-refractivity contribution in [2.75, 3.05) is 7.11 Å². The Kier molecular flexibility index (Phi) is 6.13. The van der Waals surface area contributed by atoms with Gasteiger partial charge in [-0.2, -0.15) is 0 Å². The molecular weight excluding hydrogens is 396 g/mol. The fourth-order valence-corrected chi connectivity index (χ4v) is 4.52. The monoisotopic (exact) mass is 422 g/mol. The number of carbonyl (C=O) groups excluding carboxylic acids is 2. The van der Waals surface area contributed by atoms with Crippen LogP contribution in [-0.4, -0.2) is 39.4 Å². The Balaban J connectivity index is 1.82. The SMILES string of the molecule is CO[C@H]1CC[C@@H](n2c(-c3ccccc3)ncc(C(=O)C3=C(O)CCCC3=O)c2=O)CC1. The van der Waals surface area contributed by atoms with E-state index in [0.29, 0.717) is 12.2 Å². The quantitative estimate of drug-likeness (QED) is 0.581. The van der Waals surface area contributed by atoms with Crippen LogP contribution in [0.3, 0.4) is 0 Å². The van der Waals surface area contributed by atoms with Gasteiger partial charge in [0, 0.05) is 37.8 Å². The number of aliphatic hydroxyl groups is 1. The molecule has 1 aromatic carbocycles. The molecule has 7 heteroatoms. The molecule has 31 heavy (non-hydrogen) atoms. The van der Waals surface area contributed by atoms with E-state index in [4.69, 9.17) is 4.74 Å². The highest BCUT2D eigenvalue weighted by Gasteiger charge is 2.32. The molecule has 1 fully saturated rings. The summed E-state index contributed by atoms with van der Waals surface area (Å²) in [4.78, 5) is 43.5. The lowest BCUT2D eigenvalue weighted by Crippen LogP contribution is -2.35. The van der Waals surface area contributed by atoms with Gasteiger partial charge in [0.1, 0.15) is 22.7 Å². The van der Waals surface area contributed by atoms with E-state index >= 15 is 0 Å². The molecule has 4 rings (SSSR count). The number of allylic oxidation sites excluding steroid dienone is 2. The Morgan fingerprint density at radius 2 is 1.81 bits per heavy atom. The fourth-order valence-electron chi connectivity index (χ4n) is 4.52. The van der Waals surface area contributed by atoms with Crippen LogP contribution in [0, 0.1) is 0 Å². The van der Waals surface area contributed by atoms with Crippen molar-refractivity contribution in [2.45, 2.75) is 57.1 Å². The van der Waals surface area contributed by atoms with Crippen LogP contribution in [0.2, 0.25) is 0 Å². The van der Waals surface area contributed by atoms with E-state index in [-0.39, 0.29) is 41.9 Å². The largest absolute Gasteiger partial charge is 0.511 e. The van der Waals surface area contributed by atoms with Gasteiger partial charge in [0.15, 0.2) is 5.78 Å². The molecule has 1 N–H and O–H groups in total. The molecule has 162 valence electrons. The Morgan fingerprint density at radius 1 is 1.10 bits per heavy atom. The van der Waals surface area contributed by atoms with Crippen molar-refractivity contribution in [3.63, 3.8) is 0 Å². The summed E-state index contributed by atoms with van der Waals surface area (Å²) in [6, 6.07) is 9.25. The van der Waals surface area contributed by atoms with Crippen molar-refractivity contribution >= 4 is 11.6 Å². The van der Waals surface area contributed by atoms with Gasteiger partial charge in [-0.15, -0.1) is 0 Å². The van der Waals surface area contributed by atoms with Gasteiger partial charge in [-0.25, -0.2) is 4.98 Å².